The minimum atomic E-state index is -4.72. The van der Waals surface area contributed by atoms with E-state index in [0.717, 1.165) is 30.6 Å². The van der Waals surface area contributed by atoms with Gasteiger partial charge in [-0.25, -0.2) is 13.1 Å². The Balaban J connectivity index is 1.40. The van der Waals surface area contributed by atoms with Gasteiger partial charge in [0.15, 0.2) is 5.69 Å². The zero-order valence-corrected chi connectivity index (χ0v) is 21.9. The second-order valence-electron chi connectivity index (χ2n) is 9.35. The van der Waals surface area contributed by atoms with Gasteiger partial charge in [-0.15, -0.1) is 0 Å². The van der Waals surface area contributed by atoms with Gasteiger partial charge in [0.2, 0.25) is 0 Å². The van der Waals surface area contributed by atoms with Crippen molar-refractivity contribution < 1.29 is 31.1 Å². The molecule has 5 rings (SSSR count). The molecular formula is C26H26F3N5O4S. The number of carbonyl (C=O) groups is 1. The van der Waals surface area contributed by atoms with Gasteiger partial charge in [0.1, 0.15) is 17.3 Å². The van der Waals surface area contributed by atoms with Gasteiger partial charge in [-0.2, -0.15) is 22.7 Å². The number of methoxy groups -OCH3 is 1. The van der Waals surface area contributed by atoms with Crippen LogP contribution in [0.5, 0.6) is 5.75 Å². The highest BCUT2D eigenvalue weighted by Crippen LogP contribution is 2.37. The molecule has 2 aliphatic rings. The summed E-state index contributed by atoms with van der Waals surface area (Å²) in [5.74, 6) is -0.241. The summed E-state index contributed by atoms with van der Waals surface area (Å²) in [7, 11) is -2.19. The van der Waals surface area contributed by atoms with Crippen molar-refractivity contribution in [3.63, 3.8) is 0 Å². The summed E-state index contributed by atoms with van der Waals surface area (Å²) in [4.78, 5) is 16.8. The van der Waals surface area contributed by atoms with E-state index in [-0.39, 0.29) is 30.1 Å². The Kier molecular flexibility index (Phi) is 7.21. The van der Waals surface area contributed by atoms with E-state index in [1.54, 1.807) is 36.4 Å². The minimum Gasteiger partial charge on any atom is -0.497 e. The maximum absolute atomic E-state index is 13.8. The first kappa shape index (κ1) is 26.9. The van der Waals surface area contributed by atoms with E-state index in [9.17, 15) is 26.4 Å². The Morgan fingerprint density at radius 1 is 1.00 bits per heavy atom. The van der Waals surface area contributed by atoms with Crippen LogP contribution in [-0.4, -0.2) is 67.8 Å². The van der Waals surface area contributed by atoms with E-state index in [0.29, 0.717) is 22.7 Å². The van der Waals surface area contributed by atoms with Crippen molar-refractivity contribution in [1.82, 2.24) is 14.7 Å². The smallest absolute Gasteiger partial charge is 0.435 e. The Hall–Kier alpha value is -3.71. The summed E-state index contributed by atoms with van der Waals surface area (Å²) < 4.78 is 75.9. The van der Waals surface area contributed by atoms with Gasteiger partial charge in [0.25, 0.3) is 15.9 Å². The lowest BCUT2D eigenvalue weighted by atomic mass is 10.0. The number of sulfonamides is 1. The summed E-state index contributed by atoms with van der Waals surface area (Å²) in [5, 5.41) is 3.79. The summed E-state index contributed by atoms with van der Waals surface area (Å²) in [6.07, 6.45) is -1.57. The lowest BCUT2D eigenvalue weighted by Crippen LogP contribution is -2.39. The van der Waals surface area contributed by atoms with Crippen molar-refractivity contribution in [3.8, 4) is 11.4 Å². The molecule has 2 aliphatic heterocycles. The Morgan fingerprint density at radius 3 is 2.26 bits per heavy atom. The van der Waals surface area contributed by atoms with Gasteiger partial charge in [-0.3, -0.25) is 9.69 Å². The molecule has 0 spiro atoms. The molecule has 0 unspecified atom stereocenters. The number of aromatic nitrogens is 2. The second-order valence-corrected chi connectivity index (χ2v) is 11.0. The molecule has 3 heterocycles. The van der Waals surface area contributed by atoms with Gasteiger partial charge in [-0.05, 0) is 74.3 Å². The number of anilines is 1. The third-order valence-electron chi connectivity index (χ3n) is 6.71. The molecule has 1 fully saturated rings. The average Bonchev–Trinajstić information content (AvgIpc) is 3.56. The lowest BCUT2D eigenvalue weighted by Gasteiger charge is -2.28. The number of amides is 1. The first-order valence-electron chi connectivity index (χ1n) is 12.3. The fourth-order valence-electron chi connectivity index (χ4n) is 4.80. The van der Waals surface area contributed by atoms with Crippen molar-refractivity contribution in [1.29, 1.82) is 0 Å². The van der Waals surface area contributed by atoms with Crippen molar-refractivity contribution in [2.45, 2.75) is 25.4 Å². The van der Waals surface area contributed by atoms with Crippen LogP contribution in [0.2, 0.25) is 0 Å². The quantitative estimate of drug-likeness (QED) is 0.406. The SMILES string of the molecule is COc1ccc(-n2nc(C(F)(F)F)c3c2C(=O)N(c2ccc(/C=N/S(=O)(=O)CN4CCCC4)cc2)CC3)cc1. The molecule has 13 heteroatoms. The lowest BCUT2D eigenvalue weighted by molar-refractivity contribution is -0.141. The van der Waals surface area contributed by atoms with E-state index < -0.39 is 27.8 Å². The first-order valence-corrected chi connectivity index (χ1v) is 13.9. The van der Waals surface area contributed by atoms with Crippen LogP contribution in [0.4, 0.5) is 18.9 Å². The molecule has 0 atom stereocenters. The van der Waals surface area contributed by atoms with Gasteiger partial charge in [0, 0.05) is 24.0 Å². The zero-order valence-electron chi connectivity index (χ0n) is 21.1. The summed E-state index contributed by atoms with van der Waals surface area (Å²) in [5.41, 5.74) is -0.123. The Morgan fingerprint density at radius 2 is 1.64 bits per heavy atom. The second kappa shape index (κ2) is 10.5. The number of rotatable bonds is 7. The van der Waals surface area contributed by atoms with Gasteiger partial charge >= 0.3 is 6.18 Å². The van der Waals surface area contributed by atoms with Crippen molar-refractivity contribution >= 4 is 27.8 Å². The monoisotopic (exact) mass is 561 g/mol. The fraction of sp³-hybridized carbons (Fsp3) is 0.346. The van der Waals surface area contributed by atoms with E-state index in [1.807, 2.05) is 4.90 Å². The predicted molar refractivity (Wildman–Crippen MR) is 139 cm³/mol. The topological polar surface area (TPSA) is 97.1 Å². The largest absolute Gasteiger partial charge is 0.497 e. The summed E-state index contributed by atoms with van der Waals surface area (Å²) >= 11 is 0. The molecule has 0 aliphatic carbocycles. The standard InChI is InChI=1S/C26H26F3N5O4S/c1-38-21-10-8-20(9-11-21)34-23-22(24(31-34)26(27,28)29)12-15-33(25(23)35)19-6-4-18(5-7-19)16-30-39(36,37)17-32-13-2-3-14-32/h4-11,16H,2-3,12-15,17H2,1H3/b30-16+. The van der Waals surface area contributed by atoms with Crippen LogP contribution in [0.15, 0.2) is 52.9 Å². The number of hydrogen-bond donors (Lipinski definition) is 0. The highest BCUT2D eigenvalue weighted by atomic mass is 32.2. The van der Waals surface area contributed by atoms with E-state index in [2.05, 4.69) is 9.50 Å². The van der Waals surface area contributed by atoms with Gasteiger partial charge in [0.05, 0.1) is 12.8 Å². The molecule has 0 N–H and O–H groups in total. The zero-order chi connectivity index (χ0) is 27.8. The number of nitrogens with zero attached hydrogens (tertiary/aromatic N) is 5. The van der Waals surface area contributed by atoms with E-state index >= 15 is 0 Å². The average molecular weight is 562 g/mol. The maximum atomic E-state index is 13.8. The summed E-state index contributed by atoms with van der Waals surface area (Å²) in [6.45, 7) is 1.49. The third kappa shape index (κ3) is 5.69. The minimum absolute atomic E-state index is 0.0286. The number of carbonyl (C=O) groups excluding carboxylic acids is 1. The van der Waals surface area contributed by atoms with Crippen LogP contribution in [0.25, 0.3) is 5.69 Å². The maximum Gasteiger partial charge on any atom is 0.435 e. The molecule has 206 valence electrons. The van der Waals surface area contributed by atoms with Gasteiger partial charge < -0.3 is 9.64 Å². The van der Waals surface area contributed by atoms with Gasteiger partial charge in [-0.1, -0.05) is 12.1 Å². The molecule has 9 nitrogen and oxygen atoms in total. The highest BCUT2D eigenvalue weighted by molar-refractivity contribution is 7.90. The Bertz CT molecular complexity index is 1490. The molecule has 39 heavy (non-hydrogen) atoms. The van der Waals surface area contributed by atoms with Crippen molar-refractivity contribution in [2.24, 2.45) is 4.40 Å². The molecule has 0 bridgehead atoms. The van der Waals surface area contributed by atoms with Crippen LogP contribution in [0.1, 0.15) is 40.2 Å². The number of fused-ring (bicyclic) bond motifs is 1. The van der Waals surface area contributed by atoms with Crippen LogP contribution < -0.4 is 9.64 Å². The molecule has 1 aromatic heterocycles. The van der Waals surface area contributed by atoms with Crippen LogP contribution in [-0.2, 0) is 22.6 Å². The molecule has 0 radical (unpaired) electrons. The predicted octanol–water partition coefficient (Wildman–Crippen LogP) is 3.90. The number of benzene rings is 2. The number of halogens is 3. The molecule has 3 aromatic rings. The van der Waals surface area contributed by atoms with Crippen molar-refractivity contribution in [3.05, 3.63) is 71.0 Å². The van der Waals surface area contributed by atoms with Crippen LogP contribution in [0.3, 0.4) is 0 Å². The fourth-order valence-corrected chi connectivity index (χ4v) is 5.87. The number of hydrogen-bond acceptors (Lipinski definition) is 6. The third-order valence-corrected chi connectivity index (χ3v) is 7.83. The number of ether oxygens (including phenoxy) is 1. The molecular weight excluding hydrogens is 535 g/mol. The molecule has 1 amide bonds. The van der Waals surface area contributed by atoms with Crippen LogP contribution in [0, 0.1) is 0 Å². The van der Waals surface area contributed by atoms with E-state index in [1.165, 1.54) is 30.4 Å². The highest BCUT2D eigenvalue weighted by Gasteiger charge is 2.43. The molecule has 1 saturated heterocycles. The molecule has 2 aromatic carbocycles. The Labute approximate surface area is 223 Å². The van der Waals surface area contributed by atoms with Crippen LogP contribution >= 0.6 is 0 Å². The van der Waals surface area contributed by atoms with Crippen molar-refractivity contribution in [2.75, 3.05) is 37.5 Å². The normalized spacial score (nSPS) is 16.7. The summed E-state index contributed by atoms with van der Waals surface area (Å²) in [6, 6.07) is 12.6. The van der Waals surface area contributed by atoms with E-state index in [4.69, 9.17) is 4.74 Å². The molecule has 0 saturated carbocycles. The number of alkyl halides is 3. The number of likely N-dealkylation sites (tertiary alicyclic amines) is 1. The first-order chi connectivity index (χ1) is 18.6.